The molecule has 1 fully saturated rings. The Balaban J connectivity index is 1.58. The number of aliphatic carboxylic acids is 1. The van der Waals surface area contributed by atoms with Crippen LogP contribution in [0.4, 0.5) is 0 Å². The highest BCUT2D eigenvalue weighted by Gasteiger charge is 2.33. The summed E-state index contributed by atoms with van der Waals surface area (Å²) >= 11 is 13.4. The lowest BCUT2D eigenvalue weighted by Crippen LogP contribution is -2.42. The number of carboxylic acids is 1. The maximum atomic E-state index is 11.0. The van der Waals surface area contributed by atoms with Gasteiger partial charge in [0, 0.05) is 11.9 Å². The molecule has 2 heterocycles. The molecule has 2 N–H and O–H groups in total. The number of aromatic nitrogens is 1. The molecule has 3 rings (SSSR count). The molecule has 0 bridgehead atoms. The van der Waals surface area contributed by atoms with E-state index in [1.165, 1.54) is 18.0 Å². The maximum absolute atomic E-state index is 11.0. The lowest BCUT2D eigenvalue weighted by atomic mass is 10.3. The van der Waals surface area contributed by atoms with Crippen molar-refractivity contribution in [3.05, 3.63) is 46.6 Å². The number of nitrogens with one attached hydrogen (secondary N) is 1. The van der Waals surface area contributed by atoms with Crippen LogP contribution < -0.4 is 14.8 Å². The van der Waals surface area contributed by atoms with Crippen molar-refractivity contribution in [2.24, 2.45) is 0 Å². The molecule has 9 heteroatoms. The number of nitrogens with zero attached hydrogens (tertiary/aromatic N) is 1. The second kappa shape index (κ2) is 8.35. The molecule has 3 atom stereocenters. The van der Waals surface area contributed by atoms with Gasteiger partial charge in [0.05, 0.1) is 10.4 Å². The predicted octanol–water partition coefficient (Wildman–Crippen LogP) is 4.06. The smallest absolute Gasteiger partial charge is 0.321 e. The van der Waals surface area contributed by atoms with Gasteiger partial charge in [0.2, 0.25) is 5.88 Å². The van der Waals surface area contributed by atoms with Gasteiger partial charge in [-0.05, 0) is 37.3 Å². The summed E-state index contributed by atoms with van der Waals surface area (Å²) in [6, 6.07) is 8.03. The molecule has 0 spiro atoms. The van der Waals surface area contributed by atoms with Gasteiger partial charge in [0.15, 0.2) is 0 Å². The first kappa shape index (κ1) is 19.1. The summed E-state index contributed by atoms with van der Waals surface area (Å²) < 4.78 is 11.5. The van der Waals surface area contributed by atoms with Crippen molar-refractivity contribution in [1.29, 1.82) is 0 Å². The number of hydrogen-bond donors (Lipinski definition) is 2. The van der Waals surface area contributed by atoms with Crippen molar-refractivity contribution in [2.45, 2.75) is 24.4 Å². The van der Waals surface area contributed by atoms with E-state index < -0.39 is 12.0 Å². The molecule has 6 nitrogen and oxygen atoms in total. The van der Waals surface area contributed by atoms with E-state index in [2.05, 4.69) is 10.3 Å². The van der Waals surface area contributed by atoms with E-state index >= 15 is 0 Å². The van der Waals surface area contributed by atoms with Gasteiger partial charge in [0.1, 0.15) is 28.7 Å². The fourth-order valence-corrected chi connectivity index (χ4v) is 4.00. The van der Waals surface area contributed by atoms with Gasteiger partial charge >= 0.3 is 5.97 Å². The topological polar surface area (TPSA) is 80.7 Å². The number of thioether (sulfide) groups is 1. The van der Waals surface area contributed by atoms with Gasteiger partial charge < -0.3 is 14.6 Å². The second-order valence-corrected chi connectivity index (χ2v) is 7.67. The van der Waals surface area contributed by atoms with E-state index in [1.807, 2.05) is 6.92 Å². The number of pyridine rings is 1. The van der Waals surface area contributed by atoms with Crippen molar-refractivity contribution in [2.75, 3.05) is 5.75 Å². The molecule has 138 valence electrons. The Morgan fingerprint density at radius 1 is 1.35 bits per heavy atom. The molecule has 1 aliphatic rings. The lowest BCUT2D eigenvalue weighted by molar-refractivity contribution is -0.138. The van der Waals surface area contributed by atoms with Gasteiger partial charge in [-0.3, -0.25) is 10.1 Å². The summed E-state index contributed by atoms with van der Waals surface area (Å²) in [5.74, 6) is 1.16. The Morgan fingerprint density at radius 3 is 2.65 bits per heavy atom. The van der Waals surface area contributed by atoms with E-state index in [9.17, 15) is 4.79 Å². The van der Waals surface area contributed by atoms with Crippen LogP contribution in [0.1, 0.15) is 6.92 Å². The van der Waals surface area contributed by atoms with Crippen LogP contribution in [-0.2, 0) is 4.79 Å². The molecule has 1 aromatic heterocycles. The van der Waals surface area contributed by atoms with Gasteiger partial charge in [-0.25, -0.2) is 4.98 Å². The van der Waals surface area contributed by atoms with E-state index in [0.29, 0.717) is 27.3 Å². The molecule has 0 saturated carbocycles. The quantitative estimate of drug-likeness (QED) is 0.736. The SMILES string of the molecule is CC(Oc1ccc(Oc2ncc(Cl)cc2Cl)cc1)[C@@H]1NC(C(=O)O)CS1. The number of carboxylic acid groups (broad SMARTS) is 1. The van der Waals surface area contributed by atoms with Gasteiger partial charge in [0.25, 0.3) is 0 Å². The highest BCUT2D eigenvalue weighted by molar-refractivity contribution is 8.00. The summed E-state index contributed by atoms with van der Waals surface area (Å²) in [4.78, 5) is 15.0. The first-order chi connectivity index (χ1) is 12.4. The van der Waals surface area contributed by atoms with E-state index in [1.54, 1.807) is 30.3 Å². The van der Waals surface area contributed by atoms with E-state index in [-0.39, 0.29) is 17.4 Å². The van der Waals surface area contributed by atoms with Crippen LogP contribution in [0, 0.1) is 0 Å². The number of ether oxygens (including phenoxy) is 2. The third kappa shape index (κ3) is 4.73. The minimum absolute atomic E-state index is 0.0795. The Bertz CT molecular complexity index is 791. The minimum Gasteiger partial charge on any atom is -0.488 e. The Labute approximate surface area is 164 Å². The average molecular weight is 415 g/mol. The fraction of sp³-hybridized carbons (Fsp3) is 0.294. The molecule has 1 aromatic carbocycles. The first-order valence-electron chi connectivity index (χ1n) is 7.78. The maximum Gasteiger partial charge on any atom is 0.321 e. The third-order valence-corrected chi connectivity index (χ3v) is 5.55. The molecule has 1 aliphatic heterocycles. The zero-order chi connectivity index (χ0) is 18.7. The molecule has 2 unspecified atom stereocenters. The van der Waals surface area contributed by atoms with Crippen molar-refractivity contribution in [3.8, 4) is 17.4 Å². The lowest BCUT2D eigenvalue weighted by Gasteiger charge is -2.21. The predicted molar refractivity (Wildman–Crippen MR) is 102 cm³/mol. The molecule has 0 amide bonds. The van der Waals surface area contributed by atoms with Crippen LogP contribution in [0.15, 0.2) is 36.5 Å². The molecule has 2 aromatic rings. The van der Waals surface area contributed by atoms with Crippen LogP contribution in [0.3, 0.4) is 0 Å². The molecular formula is C17H16Cl2N2O4S. The summed E-state index contributed by atoms with van der Waals surface area (Å²) in [5, 5.41) is 12.8. The number of halogens is 2. The first-order valence-corrected chi connectivity index (χ1v) is 9.59. The molecule has 1 saturated heterocycles. The number of carbonyl (C=O) groups is 1. The second-order valence-electron chi connectivity index (χ2n) is 5.65. The zero-order valence-electron chi connectivity index (χ0n) is 13.7. The number of rotatable bonds is 6. The van der Waals surface area contributed by atoms with Crippen molar-refractivity contribution >= 4 is 40.9 Å². The molecule has 26 heavy (non-hydrogen) atoms. The standard InChI is InChI=1S/C17H16Cl2N2O4S/c1-9(16-21-14(8-26-16)17(22)23)24-11-2-4-12(5-3-11)25-15-13(19)6-10(18)7-20-15/h2-7,9,14,16,21H,8H2,1H3,(H,22,23)/t9?,14?,16-/m1/s1. The largest absolute Gasteiger partial charge is 0.488 e. The van der Waals surface area contributed by atoms with Crippen molar-refractivity contribution in [1.82, 2.24) is 10.3 Å². The molecular weight excluding hydrogens is 399 g/mol. The molecule has 0 radical (unpaired) electrons. The average Bonchev–Trinajstić information content (AvgIpc) is 3.09. The monoisotopic (exact) mass is 414 g/mol. The summed E-state index contributed by atoms with van der Waals surface area (Å²) in [5.41, 5.74) is 0. The van der Waals surface area contributed by atoms with Crippen LogP contribution in [0.2, 0.25) is 10.0 Å². The van der Waals surface area contributed by atoms with Crippen LogP contribution in [0.25, 0.3) is 0 Å². The molecule has 0 aliphatic carbocycles. The van der Waals surface area contributed by atoms with Crippen molar-refractivity contribution in [3.63, 3.8) is 0 Å². The van der Waals surface area contributed by atoms with Gasteiger partial charge in [-0.2, -0.15) is 0 Å². The van der Waals surface area contributed by atoms with Gasteiger partial charge in [-0.15, -0.1) is 11.8 Å². The van der Waals surface area contributed by atoms with E-state index in [4.69, 9.17) is 37.8 Å². The Kier molecular flexibility index (Phi) is 6.13. The highest BCUT2D eigenvalue weighted by Crippen LogP contribution is 2.30. The van der Waals surface area contributed by atoms with Crippen LogP contribution in [-0.4, -0.2) is 39.3 Å². The highest BCUT2D eigenvalue weighted by atomic mass is 35.5. The minimum atomic E-state index is -0.844. The van der Waals surface area contributed by atoms with Gasteiger partial charge in [-0.1, -0.05) is 23.2 Å². The zero-order valence-corrected chi connectivity index (χ0v) is 16.0. The summed E-state index contributed by atoms with van der Waals surface area (Å²) in [6.07, 6.45) is 1.27. The normalized spacial score (nSPS) is 20.6. The van der Waals surface area contributed by atoms with Crippen molar-refractivity contribution < 1.29 is 19.4 Å². The van der Waals surface area contributed by atoms with Crippen LogP contribution >= 0.6 is 35.0 Å². The number of benzene rings is 1. The number of hydrogen-bond acceptors (Lipinski definition) is 6. The Morgan fingerprint density at radius 2 is 2.04 bits per heavy atom. The Hall–Kier alpha value is -1.67. The van der Waals surface area contributed by atoms with E-state index in [0.717, 1.165) is 0 Å². The summed E-state index contributed by atoms with van der Waals surface area (Å²) in [6.45, 7) is 1.90. The summed E-state index contributed by atoms with van der Waals surface area (Å²) in [7, 11) is 0. The fourth-order valence-electron chi connectivity index (χ4n) is 2.36. The van der Waals surface area contributed by atoms with Crippen LogP contribution in [0.5, 0.6) is 17.4 Å². The third-order valence-electron chi connectivity index (χ3n) is 3.67.